The molecule has 2 rings (SSSR count). The molecular weight excluding hydrogens is 318 g/mol. The zero-order valence-electron chi connectivity index (χ0n) is 11.4. The van der Waals surface area contributed by atoms with E-state index in [9.17, 15) is 4.79 Å². The van der Waals surface area contributed by atoms with Gasteiger partial charge in [-0.3, -0.25) is 9.78 Å². The molecule has 0 bridgehead atoms. The highest BCUT2D eigenvalue weighted by Gasteiger charge is 2.11. The third-order valence-electron chi connectivity index (χ3n) is 2.81. The minimum atomic E-state index is -0.226. The van der Waals surface area contributed by atoms with Crippen LogP contribution in [0.5, 0.6) is 0 Å². The van der Waals surface area contributed by atoms with Crippen molar-refractivity contribution in [3.05, 3.63) is 52.3 Å². The Labute approximate surface area is 126 Å². The molecule has 0 aliphatic carbocycles. The Balaban J connectivity index is 2.19. The first-order valence-corrected chi connectivity index (χ1v) is 7.17. The third-order valence-corrected chi connectivity index (χ3v) is 3.87. The molecule has 4 nitrogen and oxygen atoms in total. The monoisotopic (exact) mass is 333 g/mol. The number of aromatic nitrogens is 1. The number of pyridine rings is 1. The van der Waals surface area contributed by atoms with Crippen LogP contribution in [0, 0.1) is 6.92 Å². The van der Waals surface area contributed by atoms with Gasteiger partial charge in [-0.25, -0.2) is 0 Å². The van der Waals surface area contributed by atoms with Crippen LogP contribution in [-0.2, 0) is 0 Å². The number of aryl methyl sites for hydroxylation is 1. The summed E-state index contributed by atoms with van der Waals surface area (Å²) in [7, 11) is 0. The van der Waals surface area contributed by atoms with E-state index in [-0.39, 0.29) is 5.91 Å². The second-order valence-corrected chi connectivity index (χ2v) is 5.14. The van der Waals surface area contributed by atoms with Gasteiger partial charge in [0.05, 0.1) is 5.69 Å². The maximum Gasteiger partial charge on any atom is 0.274 e. The van der Waals surface area contributed by atoms with Gasteiger partial charge in [0.25, 0.3) is 5.91 Å². The molecule has 104 valence electrons. The van der Waals surface area contributed by atoms with Crippen molar-refractivity contribution in [2.45, 2.75) is 13.8 Å². The van der Waals surface area contributed by atoms with Crippen LogP contribution >= 0.6 is 15.9 Å². The lowest BCUT2D eigenvalue weighted by Crippen LogP contribution is -2.14. The summed E-state index contributed by atoms with van der Waals surface area (Å²) in [6.07, 6.45) is 1.62. The van der Waals surface area contributed by atoms with Gasteiger partial charge in [-0.05, 0) is 53.5 Å². The fraction of sp³-hybridized carbons (Fsp3) is 0.200. The predicted molar refractivity (Wildman–Crippen MR) is 85.2 cm³/mol. The molecule has 1 heterocycles. The molecule has 0 aliphatic rings. The normalized spacial score (nSPS) is 10.2. The van der Waals surface area contributed by atoms with Crippen LogP contribution in [0.15, 0.2) is 41.0 Å². The fourth-order valence-electron chi connectivity index (χ4n) is 1.80. The number of halogens is 1. The molecular formula is C15H16BrN3O. The Hall–Kier alpha value is -1.88. The summed E-state index contributed by atoms with van der Waals surface area (Å²) in [5.41, 5.74) is 3.08. The molecule has 0 unspecified atom stereocenters. The van der Waals surface area contributed by atoms with Gasteiger partial charge in [0, 0.05) is 22.9 Å². The van der Waals surface area contributed by atoms with E-state index in [4.69, 9.17) is 0 Å². The van der Waals surface area contributed by atoms with Gasteiger partial charge in [0.2, 0.25) is 0 Å². The van der Waals surface area contributed by atoms with E-state index in [1.165, 1.54) is 0 Å². The molecule has 1 aromatic heterocycles. The lowest BCUT2D eigenvalue weighted by molar-refractivity contribution is 0.102. The van der Waals surface area contributed by atoms with Gasteiger partial charge >= 0.3 is 0 Å². The highest BCUT2D eigenvalue weighted by molar-refractivity contribution is 9.10. The van der Waals surface area contributed by atoms with E-state index in [0.717, 1.165) is 28.0 Å². The highest BCUT2D eigenvalue weighted by atomic mass is 79.9. The first kappa shape index (κ1) is 14.5. The van der Waals surface area contributed by atoms with Crippen LogP contribution in [0.1, 0.15) is 23.0 Å². The Bertz CT molecular complexity index is 628. The Morgan fingerprint density at radius 1 is 1.35 bits per heavy atom. The molecule has 0 saturated heterocycles. The van der Waals surface area contributed by atoms with E-state index in [2.05, 4.69) is 31.5 Å². The van der Waals surface area contributed by atoms with Crippen LogP contribution in [0.4, 0.5) is 11.4 Å². The maximum absolute atomic E-state index is 12.2. The van der Waals surface area contributed by atoms with Crippen molar-refractivity contribution in [3.8, 4) is 0 Å². The predicted octanol–water partition coefficient (Wildman–Crippen LogP) is 3.84. The van der Waals surface area contributed by atoms with Crippen LogP contribution in [-0.4, -0.2) is 17.4 Å². The highest BCUT2D eigenvalue weighted by Crippen LogP contribution is 2.26. The summed E-state index contributed by atoms with van der Waals surface area (Å²) >= 11 is 3.47. The number of carbonyl (C=O) groups is 1. The summed E-state index contributed by atoms with van der Waals surface area (Å²) in [6, 6.07) is 9.30. The number of amides is 1. The maximum atomic E-state index is 12.2. The SMILES string of the molecule is CCNc1ccnc(C(=O)Nc2cccc(C)c2Br)c1. The van der Waals surface area contributed by atoms with E-state index in [1.807, 2.05) is 38.1 Å². The van der Waals surface area contributed by atoms with Crippen molar-refractivity contribution in [1.29, 1.82) is 0 Å². The quantitative estimate of drug-likeness (QED) is 0.893. The lowest BCUT2D eigenvalue weighted by Gasteiger charge is -2.09. The van der Waals surface area contributed by atoms with Crippen LogP contribution in [0.3, 0.4) is 0 Å². The zero-order valence-corrected chi connectivity index (χ0v) is 13.0. The van der Waals surface area contributed by atoms with Crippen molar-refractivity contribution in [2.75, 3.05) is 17.2 Å². The van der Waals surface area contributed by atoms with Gasteiger partial charge < -0.3 is 10.6 Å². The number of anilines is 2. The van der Waals surface area contributed by atoms with Crippen molar-refractivity contribution in [2.24, 2.45) is 0 Å². The van der Waals surface area contributed by atoms with Gasteiger partial charge in [0.1, 0.15) is 5.69 Å². The molecule has 20 heavy (non-hydrogen) atoms. The third kappa shape index (κ3) is 3.36. The number of rotatable bonds is 4. The second kappa shape index (κ2) is 6.52. The number of benzene rings is 1. The molecule has 2 aromatic rings. The number of hydrogen-bond acceptors (Lipinski definition) is 3. The molecule has 0 atom stereocenters. The van der Waals surface area contributed by atoms with E-state index >= 15 is 0 Å². The Morgan fingerprint density at radius 3 is 2.90 bits per heavy atom. The Morgan fingerprint density at radius 2 is 2.15 bits per heavy atom. The number of nitrogens with one attached hydrogen (secondary N) is 2. The first-order valence-electron chi connectivity index (χ1n) is 6.38. The van der Waals surface area contributed by atoms with Gasteiger partial charge in [-0.1, -0.05) is 12.1 Å². The number of carbonyl (C=O) groups excluding carboxylic acids is 1. The van der Waals surface area contributed by atoms with Crippen molar-refractivity contribution >= 4 is 33.2 Å². The van der Waals surface area contributed by atoms with Gasteiger partial charge in [-0.2, -0.15) is 0 Å². The molecule has 2 N–H and O–H groups in total. The summed E-state index contributed by atoms with van der Waals surface area (Å²) in [4.78, 5) is 16.3. The summed E-state index contributed by atoms with van der Waals surface area (Å²) in [5.74, 6) is -0.226. The zero-order chi connectivity index (χ0) is 14.5. The summed E-state index contributed by atoms with van der Waals surface area (Å²) < 4.78 is 0.885. The smallest absolute Gasteiger partial charge is 0.274 e. The minimum absolute atomic E-state index is 0.226. The molecule has 5 heteroatoms. The minimum Gasteiger partial charge on any atom is -0.385 e. The second-order valence-electron chi connectivity index (χ2n) is 4.35. The van der Waals surface area contributed by atoms with E-state index in [0.29, 0.717) is 5.69 Å². The van der Waals surface area contributed by atoms with Crippen molar-refractivity contribution in [3.63, 3.8) is 0 Å². The first-order chi connectivity index (χ1) is 9.61. The van der Waals surface area contributed by atoms with Crippen molar-refractivity contribution in [1.82, 2.24) is 4.98 Å². The molecule has 0 aliphatic heterocycles. The summed E-state index contributed by atoms with van der Waals surface area (Å²) in [5, 5.41) is 6.02. The molecule has 1 aromatic carbocycles. The van der Waals surface area contributed by atoms with Crippen LogP contribution in [0.2, 0.25) is 0 Å². The van der Waals surface area contributed by atoms with E-state index in [1.54, 1.807) is 12.3 Å². The topological polar surface area (TPSA) is 54.0 Å². The van der Waals surface area contributed by atoms with Crippen LogP contribution in [0.25, 0.3) is 0 Å². The number of nitrogens with zero attached hydrogens (tertiary/aromatic N) is 1. The molecule has 0 spiro atoms. The number of hydrogen-bond donors (Lipinski definition) is 2. The largest absolute Gasteiger partial charge is 0.385 e. The molecule has 0 radical (unpaired) electrons. The van der Waals surface area contributed by atoms with Gasteiger partial charge in [0.15, 0.2) is 0 Å². The van der Waals surface area contributed by atoms with Gasteiger partial charge in [-0.15, -0.1) is 0 Å². The van der Waals surface area contributed by atoms with Crippen molar-refractivity contribution < 1.29 is 4.79 Å². The summed E-state index contributed by atoms with van der Waals surface area (Å²) in [6.45, 7) is 4.78. The lowest BCUT2D eigenvalue weighted by atomic mass is 10.2. The standard InChI is InChI=1S/C15H16BrN3O/c1-3-17-11-7-8-18-13(9-11)15(20)19-12-6-4-5-10(2)14(12)16/h4-9H,3H2,1-2H3,(H,17,18)(H,19,20). The Kier molecular flexibility index (Phi) is 4.74. The average Bonchev–Trinajstić information content (AvgIpc) is 2.44. The molecule has 0 saturated carbocycles. The molecule has 0 fully saturated rings. The average molecular weight is 334 g/mol. The van der Waals surface area contributed by atoms with Crippen LogP contribution < -0.4 is 10.6 Å². The van der Waals surface area contributed by atoms with E-state index < -0.39 is 0 Å². The molecule has 1 amide bonds. The fourth-order valence-corrected chi connectivity index (χ4v) is 2.16.